The van der Waals surface area contributed by atoms with Crippen molar-refractivity contribution in [1.82, 2.24) is 5.43 Å². The average molecular weight is 428 g/mol. The Labute approximate surface area is 179 Å². The number of carbonyl (C=O) groups is 1. The molecule has 0 aromatic heterocycles. The minimum Gasteiger partial charge on any atom is -0.271 e. The lowest BCUT2D eigenvalue weighted by Crippen LogP contribution is -2.40. The number of carbonyl (C=O) groups excluding carboxylic acids is 1. The fourth-order valence-corrected chi connectivity index (χ4v) is 4.82. The lowest BCUT2D eigenvalue weighted by atomic mass is 9.99. The van der Waals surface area contributed by atoms with Crippen molar-refractivity contribution in [2.45, 2.75) is 57.8 Å². The molecule has 1 aliphatic carbocycles. The molecule has 2 aromatic rings. The van der Waals surface area contributed by atoms with Crippen LogP contribution in [0.2, 0.25) is 0 Å². The molecular formula is C23H29N3O3S. The van der Waals surface area contributed by atoms with Gasteiger partial charge in [0.15, 0.2) is 0 Å². The number of aryl methyl sites for hydroxylation is 3. The van der Waals surface area contributed by atoms with E-state index in [1.807, 2.05) is 26.8 Å². The van der Waals surface area contributed by atoms with E-state index in [9.17, 15) is 13.2 Å². The van der Waals surface area contributed by atoms with Crippen LogP contribution in [0.25, 0.3) is 0 Å². The summed E-state index contributed by atoms with van der Waals surface area (Å²) in [4.78, 5) is 12.8. The summed E-state index contributed by atoms with van der Waals surface area (Å²) in [7, 11) is -3.91. The van der Waals surface area contributed by atoms with Crippen LogP contribution in [0.5, 0.6) is 0 Å². The first-order valence-corrected chi connectivity index (χ1v) is 11.7. The zero-order valence-corrected chi connectivity index (χ0v) is 18.6. The Kier molecular flexibility index (Phi) is 6.92. The van der Waals surface area contributed by atoms with Crippen molar-refractivity contribution in [2.24, 2.45) is 5.10 Å². The summed E-state index contributed by atoms with van der Waals surface area (Å²) in [5, 5.41) is 4.22. The van der Waals surface area contributed by atoms with Crippen LogP contribution in [0.4, 0.5) is 5.69 Å². The number of nitrogens with one attached hydrogen (secondary N) is 1. The van der Waals surface area contributed by atoms with Gasteiger partial charge in [0.25, 0.3) is 15.9 Å². The molecule has 2 aromatic carbocycles. The van der Waals surface area contributed by atoms with Gasteiger partial charge in [0.05, 0.1) is 10.6 Å². The van der Waals surface area contributed by atoms with Crippen LogP contribution in [0.15, 0.2) is 52.5 Å². The van der Waals surface area contributed by atoms with E-state index in [1.54, 1.807) is 36.4 Å². The summed E-state index contributed by atoms with van der Waals surface area (Å²) in [5.41, 5.74) is 6.96. The SMILES string of the molecule is Cc1ccc(S(=O)(=O)N(CC(=O)NN=C2CCCCC2)c2ccc(C)c(C)c2)cc1. The summed E-state index contributed by atoms with van der Waals surface area (Å²) in [6.07, 6.45) is 5.09. The highest BCUT2D eigenvalue weighted by Gasteiger charge is 2.27. The van der Waals surface area contributed by atoms with E-state index < -0.39 is 15.9 Å². The topological polar surface area (TPSA) is 78.8 Å². The van der Waals surface area contributed by atoms with Gasteiger partial charge in [0, 0.05) is 5.71 Å². The molecule has 0 atom stereocenters. The van der Waals surface area contributed by atoms with Crippen molar-refractivity contribution in [1.29, 1.82) is 0 Å². The maximum absolute atomic E-state index is 13.4. The van der Waals surface area contributed by atoms with Crippen LogP contribution in [0.1, 0.15) is 48.8 Å². The van der Waals surface area contributed by atoms with Gasteiger partial charge in [-0.1, -0.05) is 30.2 Å². The molecule has 6 nitrogen and oxygen atoms in total. The van der Waals surface area contributed by atoms with E-state index in [1.165, 1.54) is 6.42 Å². The van der Waals surface area contributed by atoms with Crippen molar-refractivity contribution < 1.29 is 13.2 Å². The zero-order chi connectivity index (χ0) is 21.7. The minimum atomic E-state index is -3.91. The smallest absolute Gasteiger partial charge is 0.264 e. The van der Waals surface area contributed by atoms with E-state index in [2.05, 4.69) is 10.5 Å². The van der Waals surface area contributed by atoms with Crippen molar-refractivity contribution >= 4 is 27.3 Å². The zero-order valence-electron chi connectivity index (χ0n) is 17.8. The fourth-order valence-electron chi connectivity index (χ4n) is 3.41. The molecule has 3 rings (SSSR count). The normalized spacial score (nSPS) is 14.3. The average Bonchev–Trinajstić information content (AvgIpc) is 2.73. The molecule has 160 valence electrons. The number of rotatable bonds is 6. The third kappa shape index (κ3) is 5.27. The molecule has 30 heavy (non-hydrogen) atoms. The van der Waals surface area contributed by atoms with Crippen LogP contribution in [-0.4, -0.2) is 26.6 Å². The van der Waals surface area contributed by atoms with Crippen molar-refractivity contribution in [2.75, 3.05) is 10.8 Å². The first kappa shape index (κ1) is 22.0. The molecule has 1 fully saturated rings. The molecule has 0 saturated heterocycles. The van der Waals surface area contributed by atoms with Gasteiger partial charge in [0.2, 0.25) is 0 Å². The Morgan fingerprint density at radius 3 is 2.27 bits per heavy atom. The summed E-state index contributed by atoms with van der Waals surface area (Å²) >= 11 is 0. The maximum Gasteiger partial charge on any atom is 0.264 e. The minimum absolute atomic E-state index is 0.151. The number of hydrazone groups is 1. The number of hydrogen-bond donors (Lipinski definition) is 1. The Bertz CT molecular complexity index is 1040. The molecule has 1 amide bonds. The van der Waals surface area contributed by atoms with Gasteiger partial charge in [-0.15, -0.1) is 0 Å². The molecule has 0 unspecified atom stereocenters. The molecule has 1 saturated carbocycles. The van der Waals surface area contributed by atoms with Gasteiger partial charge in [-0.05, 0) is 81.8 Å². The monoisotopic (exact) mass is 427 g/mol. The summed E-state index contributed by atoms with van der Waals surface area (Å²) in [6.45, 7) is 5.44. The number of sulfonamides is 1. The second-order valence-electron chi connectivity index (χ2n) is 7.87. The Morgan fingerprint density at radius 2 is 1.63 bits per heavy atom. The standard InChI is InChI=1S/C23H29N3O3S/c1-17-9-13-22(14-10-17)30(28,29)26(21-12-11-18(2)19(3)15-21)16-23(27)25-24-20-7-5-4-6-8-20/h9-15H,4-8,16H2,1-3H3,(H,25,27). The molecule has 0 radical (unpaired) electrons. The molecule has 7 heteroatoms. The lowest BCUT2D eigenvalue weighted by molar-refractivity contribution is -0.119. The Morgan fingerprint density at radius 1 is 0.967 bits per heavy atom. The maximum atomic E-state index is 13.4. The summed E-state index contributed by atoms with van der Waals surface area (Å²) in [5.74, 6) is -0.456. The van der Waals surface area contributed by atoms with Crippen LogP contribution in [0, 0.1) is 20.8 Å². The molecule has 1 N–H and O–H groups in total. The molecule has 0 bridgehead atoms. The largest absolute Gasteiger partial charge is 0.271 e. The predicted molar refractivity (Wildman–Crippen MR) is 120 cm³/mol. The molecule has 1 aliphatic rings. The van der Waals surface area contributed by atoms with Crippen molar-refractivity contribution in [3.63, 3.8) is 0 Å². The summed E-state index contributed by atoms with van der Waals surface area (Å²) < 4.78 is 27.9. The molecule has 0 spiro atoms. The third-order valence-electron chi connectivity index (χ3n) is 5.44. The van der Waals surface area contributed by atoms with Crippen LogP contribution < -0.4 is 9.73 Å². The molecular weight excluding hydrogens is 398 g/mol. The number of anilines is 1. The second-order valence-corrected chi connectivity index (χ2v) is 9.73. The first-order valence-electron chi connectivity index (χ1n) is 10.3. The highest BCUT2D eigenvalue weighted by Crippen LogP contribution is 2.26. The van der Waals surface area contributed by atoms with Crippen molar-refractivity contribution in [3.8, 4) is 0 Å². The van der Waals surface area contributed by atoms with Gasteiger partial charge >= 0.3 is 0 Å². The van der Waals surface area contributed by atoms with Gasteiger partial charge in [-0.3, -0.25) is 9.10 Å². The third-order valence-corrected chi connectivity index (χ3v) is 7.23. The second kappa shape index (κ2) is 9.43. The number of hydrogen-bond acceptors (Lipinski definition) is 4. The fraction of sp³-hybridized carbons (Fsp3) is 0.391. The first-order chi connectivity index (χ1) is 14.3. The van der Waals surface area contributed by atoms with E-state index >= 15 is 0 Å². The van der Waals surface area contributed by atoms with Gasteiger partial charge < -0.3 is 0 Å². The van der Waals surface area contributed by atoms with Gasteiger partial charge in [-0.2, -0.15) is 5.10 Å². The number of benzene rings is 2. The predicted octanol–water partition coefficient (Wildman–Crippen LogP) is 4.24. The molecule has 0 heterocycles. The van der Waals surface area contributed by atoms with E-state index in [0.717, 1.165) is 52.4 Å². The Balaban J connectivity index is 1.90. The van der Waals surface area contributed by atoms with Crippen molar-refractivity contribution in [3.05, 3.63) is 59.2 Å². The number of nitrogens with zero attached hydrogens (tertiary/aromatic N) is 2. The Hall–Kier alpha value is -2.67. The molecule has 0 aliphatic heterocycles. The van der Waals surface area contributed by atoms with Crippen LogP contribution >= 0.6 is 0 Å². The summed E-state index contributed by atoms with van der Waals surface area (Å²) in [6, 6.07) is 12.0. The highest BCUT2D eigenvalue weighted by atomic mass is 32.2. The van der Waals surface area contributed by atoms with E-state index in [-0.39, 0.29) is 11.4 Å². The van der Waals surface area contributed by atoms with Gasteiger partial charge in [0.1, 0.15) is 6.54 Å². The highest BCUT2D eigenvalue weighted by molar-refractivity contribution is 7.92. The lowest BCUT2D eigenvalue weighted by Gasteiger charge is -2.24. The van der Waals surface area contributed by atoms with Crippen LogP contribution in [0.3, 0.4) is 0 Å². The van der Waals surface area contributed by atoms with Crippen LogP contribution in [-0.2, 0) is 14.8 Å². The van der Waals surface area contributed by atoms with E-state index in [4.69, 9.17) is 0 Å². The van der Waals surface area contributed by atoms with E-state index in [0.29, 0.717) is 5.69 Å². The number of amides is 1. The quantitative estimate of drug-likeness (QED) is 0.700. The van der Waals surface area contributed by atoms with Gasteiger partial charge in [-0.25, -0.2) is 13.8 Å².